The number of carbonyl (C=O) groups is 1. The largest absolute Gasteiger partial charge is 0.497 e. The van der Waals surface area contributed by atoms with E-state index in [4.69, 9.17) is 32.7 Å². The van der Waals surface area contributed by atoms with E-state index in [1.807, 2.05) is 66.1 Å². The highest BCUT2D eigenvalue weighted by Gasteiger charge is 2.21. The molecule has 1 heterocycles. The lowest BCUT2D eigenvalue weighted by atomic mass is 10.3. The van der Waals surface area contributed by atoms with Crippen LogP contribution in [0.15, 0.2) is 78.0 Å². The fourth-order valence-electron chi connectivity index (χ4n) is 3.32. The number of halogens is 2. The lowest BCUT2D eigenvalue weighted by Gasteiger charge is -2.17. The first-order valence-corrected chi connectivity index (χ1v) is 12.4. The van der Waals surface area contributed by atoms with Crippen molar-refractivity contribution in [2.45, 2.75) is 18.2 Å². The molecule has 1 N–H and O–H groups in total. The van der Waals surface area contributed by atoms with E-state index in [-0.39, 0.29) is 11.7 Å². The number of benzene rings is 3. The van der Waals surface area contributed by atoms with Crippen molar-refractivity contribution in [3.8, 4) is 17.2 Å². The number of amides is 1. The Morgan fingerprint density at radius 3 is 2.31 bits per heavy atom. The molecule has 0 radical (unpaired) electrons. The van der Waals surface area contributed by atoms with E-state index in [0.717, 1.165) is 11.4 Å². The second kappa shape index (κ2) is 11.5. The van der Waals surface area contributed by atoms with Gasteiger partial charge in [-0.15, -0.1) is 10.2 Å². The van der Waals surface area contributed by atoms with Crippen LogP contribution in [-0.2, 0) is 4.79 Å². The Balaban J connectivity index is 1.52. The number of para-hydroxylation sites is 1. The normalized spacial score (nSPS) is 11.7. The predicted octanol–water partition coefficient (Wildman–Crippen LogP) is 6.45. The van der Waals surface area contributed by atoms with Crippen LogP contribution >= 0.6 is 35.0 Å². The minimum atomic E-state index is -0.409. The molecule has 1 amide bonds. The van der Waals surface area contributed by atoms with E-state index in [1.54, 1.807) is 25.3 Å². The summed E-state index contributed by atoms with van der Waals surface area (Å²) < 4.78 is 13.2. The summed E-state index contributed by atoms with van der Waals surface area (Å²) in [5.41, 5.74) is 1.39. The fourth-order valence-corrected chi connectivity index (χ4v) is 4.61. The quantitative estimate of drug-likeness (QED) is 0.251. The maximum atomic E-state index is 12.6. The van der Waals surface area contributed by atoms with Gasteiger partial charge in [-0.3, -0.25) is 9.36 Å². The Bertz CT molecular complexity index is 1280. The molecule has 10 heteroatoms. The number of methoxy groups -OCH3 is 1. The minimum Gasteiger partial charge on any atom is -0.497 e. The molecule has 180 valence electrons. The SMILES string of the molecule is COc1ccc(OC(C)c2nnc(SCC(=O)Nc3cc(Cl)cc(Cl)c3)n2-c2ccccc2)cc1. The molecule has 1 unspecified atom stereocenters. The third-order valence-corrected chi connectivity index (χ3v) is 6.25. The number of nitrogens with one attached hydrogen (secondary N) is 1. The van der Waals surface area contributed by atoms with E-state index in [1.165, 1.54) is 11.8 Å². The van der Waals surface area contributed by atoms with Crippen molar-refractivity contribution in [2.24, 2.45) is 0 Å². The summed E-state index contributed by atoms with van der Waals surface area (Å²) in [6.07, 6.45) is -0.409. The van der Waals surface area contributed by atoms with Gasteiger partial charge in [-0.1, -0.05) is 53.2 Å². The number of aromatic nitrogens is 3. The van der Waals surface area contributed by atoms with Crippen molar-refractivity contribution in [1.82, 2.24) is 14.8 Å². The van der Waals surface area contributed by atoms with Crippen molar-refractivity contribution in [3.05, 3.63) is 88.7 Å². The molecule has 0 saturated carbocycles. The molecule has 1 aromatic heterocycles. The number of carbonyl (C=O) groups excluding carboxylic acids is 1. The number of nitrogens with zero attached hydrogens (tertiary/aromatic N) is 3. The molecule has 35 heavy (non-hydrogen) atoms. The molecule has 0 saturated heterocycles. The molecule has 3 aromatic carbocycles. The summed E-state index contributed by atoms with van der Waals surface area (Å²) >= 11 is 13.3. The van der Waals surface area contributed by atoms with Gasteiger partial charge in [0.05, 0.1) is 12.9 Å². The molecule has 7 nitrogen and oxygen atoms in total. The van der Waals surface area contributed by atoms with Gasteiger partial charge in [0.2, 0.25) is 5.91 Å². The predicted molar refractivity (Wildman–Crippen MR) is 139 cm³/mol. The van der Waals surface area contributed by atoms with Crippen LogP contribution in [0.4, 0.5) is 5.69 Å². The Hall–Kier alpha value is -3.20. The smallest absolute Gasteiger partial charge is 0.234 e. The zero-order valence-corrected chi connectivity index (χ0v) is 21.3. The summed E-state index contributed by atoms with van der Waals surface area (Å²) in [5.74, 6) is 1.92. The maximum absolute atomic E-state index is 12.6. The van der Waals surface area contributed by atoms with Gasteiger partial charge in [0.15, 0.2) is 17.1 Å². The molecule has 0 fully saturated rings. The Morgan fingerprint density at radius 2 is 1.66 bits per heavy atom. The first-order valence-electron chi connectivity index (χ1n) is 10.6. The average molecular weight is 529 g/mol. The van der Waals surface area contributed by atoms with E-state index in [9.17, 15) is 4.79 Å². The van der Waals surface area contributed by atoms with Gasteiger partial charge in [-0.25, -0.2) is 0 Å². The molecule has 0 spiro atoms. The first kappa shape index (κ1) is 24.9. The Labute approximate surface area is 217 Å². The molecule has 1 atom stereocenters. The monoisotopic (exact) mass is 528 g/mol. The van der Waals surface area contributed by atoms with Gasteiger partial charge >= 0.3 is 0 Å². The first-order chi connectivity index (χ1) is 16.9. The number of ether oxygens (including phenoxy) is 2. The highest BCUT2D eigenvalue weighted by molar-refractivity contribution is 7.99. The van der Waals surface area contributed by atoms with Gasteiger partial charge in [0, 0.05) is 21.4 Å². The molecular weight excluding hydrogens is 507 g/mol. The van der Waals surface area contributed by atoms with Crippen LogP contribution in [0.2, 0.25) is 10.0 Å². The highest BCUT2D eigenvalue weighted by atomic mass is 35.5. The van der Waals surface area contributed by atoms with Crippen LogP contribution < -0.4 is 14.8 Å². The molecule has 0 aliphatic rings. The van der Waals surface area contributed by atoms with Gasteiger partial charge in [-0.2, -0.15) is 0 Å². The zero-order valence-electron chi connectivity index (χ0n) is 18.9. The molecule has 4 rings (SSSR count). The van der Waals surface area contributed by atoms with Crippen LogP contribution in [0.25, 0.3) is 5.69 Å². The molecule has 4 aromatic rings. The summed E-state index contributed by atoms with van der Waals surface area (Å²) in [4.78, 5) is 12.6. The number of rotatable bonds is 9. The third-order valence-electron chi connectivity index (χ3n) is 4.89. The zero-order chi connectivity index (χ0) is 24.8. The fraction of sp³-hybridized carbons (Fsp3) is 0.160. The van der Waals surface area contributed by atoms with Crippen LogP contribution in [0.5, 0.6) is 11.5 Å². The van der Waals surface area contributed by atoms with Gasteiger partial charge < -0.3 is 14.8 Å². The number of hydrogen-bond donors (Lipinski definition) is 1. The summed E-state index contributed by atoms with van der Waals surface area (Å²) in [5, 5.41) is 13.0. The number of thioether (sulfide) groups is 1. The molecule has 0 aliphatic carbocycles. The number of hydrogen-bond acceptors (Lipinski definition) is 6. The van der Waals surface area contributed by atoms with Crippen molar-refractivity contribution in [1.29, 1.82) is 0 Å². The summed E-state index contributed by atoms with van der Waals surface area (Å²) in [7, 11) is 1.62. The molecule has 0 aliphatic heterocycles. The van der Waals surface area contributed by atoms with Crippen molar-refractivity contribution in [3.63, 3.8) is 0 Å². The second-order valence-electron chi connectivity index (χ2n) is 7.44. The van der Waals surface area contributed by atoms with Crippen molar-refractivity contribution in [2.75, 3.05) is 18.2 Å². The van der Waals surface area contributed by atoms with Gasteiger partial charge in [0.1, 0.15) is 11.5 Å². The van der Waals surface area contributed by atoms with Crippen LogP contribution in [0, 0.1) is 0 Å². The third kappa shape index (κ3) is 6.48. The summed E-state index contributed by atoms with van der Waals surface area (Å²) in [6.45, 7) is 1.90. The average Bonchev–Trinajstić information content (AvgIpc) is 3.27. The van der Waals surface area contributed by atoms with Crippen molar-refractivity contribution >= 4 is 46.6 Å². The Kier molecular flexibility index (Phi) is 8.17. The lowest BCUT2D eigenvalue weighted by molar-refractivity contribution is -0.113. The lowest BCUT2D eigenvalue weighted by Crippen LogP contribution is -2.15. The van der Waals surface area contributed by atoms with E-state index in [0.29, 0.717) is 32.5 Å². The van der Waals surface area contributed by atoms with Gasteiger partial charge in [0.25, 0.3) is 0 Å². The second-order valence-corrected chi connectivity index (χ2v) is 9.26. The van der Waals surface area contributed by atoms with E-state index in [2.05, 4.69) is 15.5 Å². The summed E-state index contributed by atoms with van der Waals surface area (Å²) in [6, 6.07) is 21.9. The maximum Gasteiger partial charge on any atom is 0.234 e. The number of anilines is 1. The van der Waals surface area contributed by atoms with Crippen LogP contribution in [0.3, 0.4) is 0 Å². The van der Waals surface area contributed by atoms with E-state index >= 15 is 0 Å². The topological polar surface area (TPSA) is 78.3 Å². The van der Waals surface area contributed by atoms with Crippen molar-refractivity contribution < 1.29 is 14.3 Å². The molecular formula is C25H22Cl2N4O3S. The van der Waals surface area contributed by atoms with E-state index < -0.39 is 6.10 Å². The minimum absolute atomic E-state index is 0.114. The Morgan fingerprint density at radius 1 is 1.00 bits per heavy atom. The highest BCUT2D eigenvalue weighted by Crippen LogP contribution is 2.29. The van der Waals surface area contributed by atoms with Crippen LogP contribution in [0.1, 0.15) is 18.9 Å². The van der Waals surface area contributed by atoms with Gasteiger partial charge in [-0.05, 0) is 61.5 Å². The van der Waals surface area contributed by atoms with Crippen LogP contribution in [-0.4, -0.2) is 33.5 Å². The standard InChI is InChI=1S/C25H22Cl2N4O3S/c1-16(34-22-10-8-21(33-2)9-11-22)24-29-30-25(31(24)20-6-4-3-5-7-20)35-15-23(32)28-19-13-17(26)12-18(27)14-19/h3-14,16H,15H2,1-2H3,(H,28,32). The molecule has 0 bridgehead atoms.